The first-order chi connectivity index (χ1) is 11.1. The SMILES string of the molecule is Cc1cc(NC(=O)C2CC2)sc1C(=O)N1CC2CC=CCC2C1. The van der Waals surface area contributed by atoms with Crippen LogP contribution in [0.3, 0.4) is 0 Å². The van der Waals surface area contributed by atoms with Gasteiger partial charge in [-0.05, 0) is 56.1 Å². The van der Waals surface area contributed by atoms with E-state index in [0.29, 0.717) is 11.8 Å². The van der Waals surface area contributed by atoms with Crippen molar-refractivity contribution in [3.63, 3.8) is 0 Å². The van der Waals surface area contributed by atoms with Gasteiger partial charge in [0.2, 0.25) is 5.91 Å². The minimum absolute atomic E-state index is 0.100. The molecule has 4 nitrogen and oxygen atoms in total. The molecule has 2 heterocycles. The quantitative estimate of drug-likeness (QED) is 0.863. The maximum atomic E-state index is 12.9. The largest absolute Gasteiger partial charge is 0.337 e. The second kappa shape index (κ2) is 5.78. The van der Waals surface area contributed by atoms with Crippen molar-refractivity contribution in [3.8, 4) is 0 Å². The Kier molecular flexibility index (Phi) is 3.76. The number of nitrogens with one attached hydrogen (secondary N) is 1. The van der Waals surface area contributed by atoms with Gasteiger partial charge in [0.05, 0.1) is 9.88 Å². The zero-order chi connectivity index (χ0) is 16.0. The van der Waals surface area contributed by atoms with Gasteiger partial charge in [0, 0.05) is 19.0 Å². The summed E-state index contributed by atoms with van der Waals surface area (Å²) in [7, 11) is 0. The number of fused-ring (bicyclic) bond motifs is 1. The highest BCUT2D eigenvalue weighted by Crippen LogP contribution is 2.36. The number of carbonyl (C=O) groups is 2. The fraction of sp³-hybridized carbons (Fsp3) is 0.556. The molecule has 0 radical (unpaired) electrons. The molecule has 0 bridgehead atoms. The zero-order valence-electron chi connectivity index (χ0n) is 13.4. The number of rotatable bonds is 3. The Morgan fingerprint density at radius 1 is 1.17 bits per heavy atom. The second-order valence-corrected chi connectivity index (χ2v) is 8.11. The lowest BCUT2D eigenvalue weighted by Gasteiger charge is -2.17. The number of anilines is 1. The summed E-state index contributed by atoms with van der Waals surface area (Å²) >= 11 is 1.42. The summed E-state index contributed by atoms with van der Waals surface area (Å²) < 4.78 is 0. The summed E-state index contributed by atoms with van der Waals surface area (Å²) in [5.41, 5.74) is 0.971. The smallest absolute Gasteiger partial charge is 0.264 e. The van der Waals surface area contributed by atoms with Crippen molar-refractivity contribution >= 4 is 28.2 Å². The Labute approximate surface area is 140 Å². The minimum atomic E-state index is 0.100. The van der Waals surface area contributed by atoms with Gasteiger partial charge >= 0.3 is 0 Å². The van der Waals surface area contributed by atoms with Crippen molar-refractivity contribution in [2.24, 2.45) is 17.8 Å². The molecule has 3 aliphatic rings. The van der Waals surface area contributed by atoms with Gasteiger partial charge in [0.15, 0.2) is 0 Å². The molecular formula is C18H22N2O2S. The van der Waals surface area contributed by atoms with Gasteiger partial charge in [0.25, 0.3) is 5.91 Å². The summed E-state index contributed by atoms with van der Waals surface area (Å²) in [5, 5.41) is 3.77. The molecule has 5 heteroatoms. The molecule has 1 aromatic heterocycles. The molecule has 0 aromatic carbocycles. The monoisotopic (exact) mass is 330 g/mol. The topological polar surface area (TPSA) is 49.4 Å². The summed E-state index contributed by atoms with van der Waals surface area (Å²) in [6.07, 6.45) is 8.67. The maximum Gasteiger partial charge on any atom is 0.264 e. The Morgan fingerprint density at radius 3 is 2.43 bits per heavy atom. The van der Waals surface area contributed by atoms with Gasteiger partial charge in [-0.3, -0.25) is 9.59 Å². The van der Waals surface area contributed by atoms with E-state index >= 15 is 0 Å². The number of likely N-dealkylation sites (tertiary alicyclic amines) is 1. The molecule has 23 heavy (non-hydrogen) atoms. The van der Waals surface area contributed by atoms with Crippen LogP contribution >= 0.6 is 11.3 Å². The van der Waals surface area contributed by atoms with Crippen molar-refractivity contribution in [2.75, 3.05) is 18.4 Å². The van der Waals surface area contributed by atoms with Crippen molar-refractivity contribution in [1.29, 1.82) is 0 Å². The number of carbonyl (C=O) groups excluding carboxylic acids is 2. The number of thiophene rings is 1. The third-order valence-electron chi connectivity index (χ3n) is 5.21. The third kappa shape index (κ3) is 2.94. The molecule has 2 amide bonds. The minimum Gasteiger partial charge on any atom is -0.337 e. The molecular weight excluding hydrogens is 308 g/mol. The molecule has 4 rings (SSSR count). The Morgan fingerprint density at radius 2 is 1.83 bits per heavy atom. The van der Waals surface area contributed by atoms with Gasteiger partial charge in [-0.1, -0.05) is 12.2 Å². The van der Waals surface area contributed by atoms with E-state index in [0.717, 1.165) is 54.2 Å². The first kappa shape index (κ1) is 14.9. The lowest BCUT2D eigenvalue weighted by molar-refractivity contribution is -0.117. The Balaban J connectivity index is 1.46. The fourth-order valence-corrected chi connectivity index (χ4v) is 4.69. The average molecular weight is 330 g/mol. The van der Waals surface area contributed by atoms with Crippen molar-refractivity contribution in [1.82, 2.24) is 4.90 Å². The lowest BCUT2D eigenvalue weighted by atomic mass is 9.86. The first-order valence-electron chi connectivity index (χ1n) is 8.47. The van der Waals surface area contributed by atoms with Crippen LogP contribution in [-0.2, 0) is 4.79 Å². The number of amides is 2. The van der Waals surface area contributed by atoms with Crippen LogP contribution in [0.5, 0.6) is 0 Å². The van der Waals surface area contributed by atoms with Crippen molar-refractivity contribution in [2.45, 2.75) is 32.6 Å². The molecule has 122 valence electrons. The third-order valence-corrected chi connectivity index (χ3v) is 6.36. The van der Waals surface area contributed by atoms with E-state index in [9.17, 15) is 9.59 Å². The number of hydrogen-bond acceptors (Lipinski definition) is 3. The van der Waals surface area contributed by atoms with Crippen LogP contribution in [0.15, 0.2) is 18.2 Å². The van der Waals surface area contributed by atoms with Crippen LogP contribution in [-0.4, -0.2) is 29.8 Å². The maximum absolute atomic E-state index is 12.9. The predicted octanol–water partition coefficient (Wildman–Crippen LogP) is 3.44. The highest BCUT2D eigenvalue weighted by Gasteiger charge is 2.36. The van der Waals surface area contributed by atoms with E-state index in [2.05, 4.69) is 17.5 Å². The number of aryl methyl sites for hydroxylation is 1. The normalized spacial score (nSPS) is 26.2. The molecule has 1 saturated heterocycles. The molecule has 1 N–H and O–H groups in total. The van der Waals surface area contributed by atoms with Crippen LogP contribution in [0.1, 0.15) is 40.9 Å². The van der Waals surface area contributed by atoms with E-state index in [1.165, 1.54) is 11.3 Å². The fourth-order valence-electron chi connectivity index (χ4n) is 3.65. The molecule has 0 spiro atoms. The lowest BCUT2D eigenvalue weighted by Crippen LogP contribution is -2.28. The van der Waals surface area contributed by atoms with Crippen LogP contribution in [0.2, 0.25) is 0 Å². The van der Waals surface area contributed by atoms with E-state index in [4.69, 9.17) is 0 Å². The first-order valence-corrected chi connectivity index (χ1v) is 9.29. The van der Waals surface area contributed by atoms with Gasteiger partial charge in [0.1, 0.15) is 0 Å². The molecule has 2 aliphatic carbocycles. The van der Waals surface area contributed by atoms with Gasteiger partial charge in [-0.15, -0.1) is 11.3 Å². The standard InChI is InChI=1S/C18H22N2O2S/c1-11-8-15(19-17(21)12-6-7-12)23-16(11)18(22)20-9-13-4-2-3-5-14(13)10-20/h2-3,8,12-14H,4-7,9-10H2,1H3,(H,19,21). The van der Waals surface area contributed by atoms with Crippen LogP contribution in [0, 0.1) is 24.7 Å². The number of nitrogens with zero attached hydrogens (tertiary/aromatic N) is 1. The van der Waals surface area contributed by atoms with Gasteiger partial charge < -0.3 is 10.2 Å². The molecule has 2 unspecified atom stereocenters. The summed E-state index contributed by atoms with van der Waals surface area (Å²) in [6.45, 7) is 3.70. The molecule has 1 saturated carbocycles. The van der Waals surface area contributed by atoms with E-state index in [-0.39, 0.29) is 17.7 Å². The van der Waals surface area contributed by atoms with Crippen molar-refractivity contribution < 1.29 is 9.59 Å². The van der Waals surface area contributed by atoms with Gasteiger partial charge in [-0.2, -0.15) is 0 Å². The number of allylic oxidation sites excluding steroid dienone is 2. The van der Waals surface area contributed by atoms with E-state index in [1.807, 2.05) is 17.9 Å². The Bertz CT molecular complexity index is 659. The molecule has 2 fully saturated rings. The Hall–Kier alpha value is -1.62. The highest BCUT2D eigenvalue weighted by atomic mass is 32.1. The highest BCUT2D eigenvalue weighted by molar-refractivity contribution is 7.18. The van der Waals surface area contributed by atoms with Crippen molar-refractivity contribution in [3.05, 3.63) is 28.7 Å². The average Bonchev–Trinajstić information content (AvgIpc) is 3.20. The van der Waals surface area contributed by atoms with Crippen LogP contribution in [0.25, 0.3) is 0 Å². The number of hydrogen-bond donors (Lipinski definition) is 1. The predicted molar refractivity (Wildman–Crippen MR) is 91.7 cm³/mol. The summed E-state index contributed by atoms with van der Waals surface area (Å²) in [6, 6.07) is 1.93. The van der Waals surface area contributed by atoms with Gasteiger partial charge in [-0.25, -0.2) is 0 Å². The van der Waals surface area contributed by atoms with E-state index < -0.39 is 0 Å². The molecule has 1 aliphatic heterocycles. The second-order valence-electron chi connectivity index (χ2n) is 7.06. The zero-order valence-corrected chi connectivity index (χ0v) is 14.2. The van der Waals surface area contributed by atoms with Crippen LogP contribution < -0.4 is 5.32 Å². The summed E-state index contributed by atoms with van der Waals surface area (Å²) in [5.74, 6) is 1.67. The molecule has 2 atom stereocenters. The van der Waals surface area contributed by atoms with E-state index in [1.54, 1.807) is 0 Å². The molecule has 1 aromatic rings. The summed E-state index contributed by atoms with van der Waals surface area (Å²) in [4.78, 5) is 27.5. The van der Waals surface area contributed by atoms with Crippen LogP contribution in [0.4, 0.5) is 5.00 Å².